The van der Waals surface area contributed by atoms with Crippen LogP contribution in [0.25, 0.3) is 0 Å². The maximum atomic E-state index is 11.6. The highest BCUT2D eigenvalue weighted by atomic mass is 16.4. The summed E-state index contributed by atoms with van der Waals surface area (Å²) in [6.45, 7) is 0. The van der Waals surface area contributed by atoms with Gasteiger partial charge in [-0.1, -0.05) is 30.4 Å². The maximum Gasteiger partial charge on any atom is 0.310 e. The van der Waals surface area contributed by atoms with Crippen molar-refractivity contribution in [2.45, 2.75) is 25.7 Å². The van der Waals surface area contributed by atoms with Crippen LogP contribution in [0, 0.1) is 47.3 Å². The summed E-state index contributed by atoms with van der Waals surface area (Å²) in [5.74, 6) is 2.88. The number of carboxylic acid groups (broad SMARTS) is 1. The van der Waals surface area contributed by atoms with Gasteiger partial charge in [0.2, 0.25) is 0 Å². The van der Waals surface area contributed by atoms with Gasteiger partial charge in [0.15, 0.2) is 11.5 Å². The third kappa shape index (κ3) is 2.53. The molecule has 4 aliphatic carbocycles. The summed E-state index contributed by atoms with van der Waals surface area (Å²) in [5.41, 5.74) is 1.06. The molecule has 0 bridgehead atoms. The smallest absolute Gasteiger partial charge is 0.310 e. The first-order valence-electron chi connectivity index (χ1n) is 10.1. The van der Waals surface area contributed by atoms with Crippen molar-refractivity contribution in [3.8, 4) is 11.5 Å². The summed E-state index contributed by atoms with van der Waals surface area (Å²) in [6.07, 6.45) is 13.1. The highest BCUT2D eigenvalue weighted by Crippen LogP contribution is 2.67. The highest BCUT2D eigenvalue weighted by Gasteiger charge is 2.62. The Bertz CT molecular complexity index is 826. The van der Waals surface area contributed by atoms with Crippen LogP contribution in [-0.2, 0) is 11.2 Å². The lowest BCUT2D eigenvalue weighted by Crippen LogP contribution is -2.50. The molecule has 1 aromatic rings. The number of phenols is 2. The van der Waals surface area contributed by atoms with Gasteiger partial charge in [-0.3, -0.25) is 4.79 Å². The summed E-state index contributed by atoms with van der Waals surface area (Å²) < 4.78 is 0. The second kappa shape index (κ2) is 6.15. The molecular formula is C23H26O4. The van der Waals surface area contributed by atoms with Gasteiger partial charge in [0.1, 0.15) is 0 Å². The van der Waals surface area contributed by atoms with Crippen molar-refractivity contribution in [2.75, 3.05) is 0 Å². The van der Waals surface area contributed by atoms with Gasteiger partial charge in [-0.2, -0.15) is 0 Å². The van der Waals surface area contributed by atoms with E-state index in [2.05, 4.69) is 18.2 Å². The topological polar surface area (TPSA) is 77.8 Å². The average molecular weight is 366 g/mol. The van der Waals surface area contributed by atoms with Gasteiger partial charge in [-0.15, -0.1) is 0 Å². The number of carbonyl (C=O) groups is 1. The van der Waals surface area contributed by atoms with Crippen LogP contribution < -0.4 is 0 Å². The van der Waals surface area contributed by atoms with Crippen molar-refractivity contribution in [2.24, 2.45) is 47.3 Å². The van der Waals surface area contributed by atoms with Crippen LogP contribution in [0.5, 0.6) is 11.5 Å². The molecule has 0 heterocycles. The first kappa shape index (κ1) is 16.9. The van der Waals surface area contributed by atoms with Crippen LogP contribution >= 0.6 is 0 Å². The zero-order chi connectivity index (χ0) is 18.7. The van der Waals surface area contributed by atoms with Gasteiger partial charge in [0.25, 0.3) is 0 Å². The molecule has 4 heteroatoms. The molecule has 3 N–H and O–H groups in total. The van der Waals surface area contributed by atoms with E-state index in [-0.39, 0.29) is 23.3 Å². The molecule has 8 atom stereocenters. The molecule has 0 unspecified atom stereocenters. The summed E-state index contributed by atoms with van der Waals surface area (Å²) in [7, 11) is 0. The zero-order valence-corrected chi connectivity index (χ0v) is 15.2. The van der Waals surface area contributed by atoms with Crippen molar-refractivity contribution < 1.29 is 20.1 Å². The largest absolute Gasteiger partial charge is 0.504 e. The Balaban J connectivity index is 1.26. The summed E-state index contributed by atoms with van der Waals surface area (Å²) in [4.78, 5) is 11.6. The Kier molecular flexibility index (Phi) is 3.85. The average Bonchev–Trinajstić information content (AvgIpc) is 2.99. The molecule has 0 aliphatic heterocycles. The molecule has 5 rings (SSSR count). The predicted molar refractivity (Wildman–Crippen MR) is 101 cm³/mol. The van der Waals surface area contributed by atoms with Crippen LogP contribution in [0.4, 0.5) is 0 Å². The second-order valence-electron chi connectivity index (χ2n) is 8.89. The minimum absolute atomic E-state index is 0.0443. The molecule has 4 nitrogen and oxygen atoms in total. The van der Waals surface area contributed by atoms with E-state index in [1.165, 1.54) is 12.8 Å². The number of carboxylic acids is 1. The van der Waals surface area contributed by atoms with E-state index in [1.54, 1.807) is 12.1 Å². The molecule has 0 saturated heterocycles. The Morgan fingerprint density at radius 1 is 1.00 bits per heavy atom. The van der Waals surface area contributed by atoms with Gasteiger partial charge in [-0.25, -0.2) is 0 Å². The van der Waals surface area contributed by atoms with Crippen molar-refractivity contribution in [3.05, 3.63) is 48.1 Å². The SMILES string of the molecule is O=C(O)[C@@H]1C=C[C@@H]2C[C@H]3[C@H](CCCc4ccc(O)c(O)c4)[C@H]4C=C[C@@H]1[C@@H]2[C@H]43. The molecule has 142 valence electrons. The summed E-state index contributed by atoms with van der Waals surface area (Å²) in [5, 5.41) is 28.6. The van der Waals surface area contributed by atoms with Crippen LogP contribution in [0.2, 0.25) is 0 Å². The first-order valence-corrected chi connectivity index (χ1v) is 10.1. The van der Waals surface area contributed by atoms with Crippen molar-refractivity contribution in [1.82, 2.24) is 0 Å². The number of aryl methyl sites for hydroxylation is 1. The number of benzene rings is 1. The molecule has 4 aliphatic rings. The van der Waals surface area contributed by atoms with Crippen LogP contribution in [0.15, 0.2) is 42.5 Å². The molecule has 0 spiro atoms. The monoisotopic (exact) mass is 366 g/mol. The second-order valence-corrected chi connectivity index (χ2v) is 8.89. The zero-order valence-electron chi connectivity index (χ0n) is 15.2. The number of phenolic OH excluding ortho intramolecular Hbond substituents is 2. The van der Waals surface area contributed by atoms with E-state index in [9.17, 15) is 20.1 Å². The lowest BCUT2D eigenvalue weighted by molar-refractivity contribution is -0.143. The maximum absolute atomic E-state index is 11.6. The minimum atomic E-state index is -0.686. The Morgan fingerprint density at radius 3 is 2.59 bits per heavy atom. The fourth-order valence-electron chi connectivity index (χ4n) is 6.70. The van der Waals surface area contributed by atoms with E-state index >= 15 is 0 Å². The van der Waals surface area contributed by atoms with E-state index in [4.69, 9.17) is 0 Å². The molecule has 2 fully saturated rings. The number of allylic oxidation sites excluding steroid dienone is 3. The Labute approximate surface area is 159 Å². The fourth-order valence-corrected chi connectivity index (χ4v) is 6.70. The quantitative estimate of drug-likeness (QED) is 0.544. The molecule has 0 radical (unpaired) electrons. The van der Waals surface area contributed by atoms with E-state index in [0.29, 0.717) is 29.6 Å². The number of hydrogen-bond acceptors (Lipinski definition) is 3. The molecule has 1 aromatic carbocycles. The van der Waals surface area contributed by atoms with E-state index < -0.39 is 5.97 Å². The summed E-state index contributed by atoms with van der Waals surface area (Å²) in [6, 6.07) is 5.09. The number of hydrogen-bond donors (Lipinski definition) is 3. The minimum Gasteiger partial charge on any atom is -0.504 e. The van der Waals surface area contributed by atoms with Crippen molar-refractivity contribution >= 4 is 5.97 Å². The van der Waals surface area contributed by atoms with Gasteiger partial charge >= 0.3 is 5.97 Å². The van der Waals surface area contributed by atoms with Gasteiger partial charge in [0, 0.05) is 0 Å². The Morgan fingerprint density at radius 2 is 1.81 bits per heavy atom. The lowest BCUT2D eigenvalue weighted by atomic mass is 9.50. The number of aliphatic carboxylic acids is 1. The van der Waals surface area contributed by atoms with Crippen molar-refractivity contribution in [1.29, 1.82) is 0 Å². The van der Waals surface area contributed by atoms with E-state index in [1.807, 2.05) is 12.1 Å². The van der Waals surface area contributed by atoms with Gasteiger partial charge < -0.3 is 15.3 Å². The van der Waals surface area contributed by atoms with Crippen LogP contribution in [-0.4, -0.2) is 21.3 Å². The Hall–Kier alpha value is -2.23. The van der Waals surface area contributed by atoms with Crippen LogP contribution in [0.3, 0.4) is 0 Å². The van der Waals surface area contributed by atoms with Gasteiger partial charge in [-0.05, 0) is 84.8 Å². The third-order valence-electron chi connectivity index (χ3n) is 7.77. The number of aromatic hydroxyl groups is 2. The molecule has 0 aromatic heterocycles. The lowest BCUT2D eigenvalue weighted by Gasteiger charge is -2.54. The van der Waals surface area contributed by atoms with Crippen molar-refractivity contribution in [3.63, 3.8) is 0 Å². The summed E-state index contributed by atoms with van der Waals surface area (Å²) >= 11 is 0. The molecule has 2 saturated carbocycles. The van der Waals surface area contributed by atoms with Gasteiger partial charge in [0.05, 0.1) is 5.92 Å². The third-order valence-corrected chi connectivity index (χ3v) is 7.77. The number of rotatable bonds is 5. The molecular weight excluding hydrogens is 340 g/mol. The van der Waals surface area contributed by atoms with E-state index in [0.717, 1.165) is 24.3 Å². The first-order chi connectivity index (χ1) is 13.0. The molecule has 27 heavy (non-hydrogen) atoms. The predicted octanol–water partition coefficient (Wildman–Crippen LogP) is 3.99. The molecule has 0 amide bonds. The standard InChI is InChI=1S/C23H26O4/c24-19-9-4-12(10-20(19)25)2-1-3-14-15-7-8-16-17(23(26)27)6-5-13-11-18(14)22(15)21(13)16/h4-10,13-18,21-22,24-25H,1-3,11H2,(H,26,27)/t13-,14-,15-,16+,17-,18+,21-,22-/m1/s1. The normalized spacial score (nSPS) is 40.4. The van der Waals surface area contributed by atoms with Crippen LogP contribution in [0.1, 0.15) is 24.8 Å². The fraction of sp³-hybridized carbons (Fsp3) is 0.522. The highest BCUT2D eigenvalue weighted by molar-refractivity contribution is 5.73.